The van der Waals surface area contributed by atoms with Crippen LogP contribution in [0.4, 0.5) is 14.9 Å². The second kappa shape index (κ2) is 9.25. The van der Waals surface area contributed by atoms with Crippen LogP contribution < -0.4 is 4.90 Å². The minimum absolute atomic E-state index is 0.0675. The minimum Gasteiger partial charge on any atom is -0.441 e. The zero-order valence-corrected chi connectivity index (χ0v) is 18.8. The van der Waals surface area contributed by atoms with E-state index in [4.69, 9.17) is 4.74 Å². The number of pyridine rings is 1. The van der Waals surface area contributed by atoms with Crippen molar-refractivity contribution in [2.45, 2.75) is 31.3 Å². The fraction of sp³-hybridized carbons (Fsp3) is 0.296. The number of nitrogens with zero attached hydrogens (tertiary/aromatic N) is 3. The summed E-state index contributed by atoms with van der Waals surface area (Å²) in [5, 5.41) is 0. The van der Waals surface area contributed by atoms with Crippen molar-refractivity contribution in [1.82, 2.24) is 9.88 Å². The number of likely N-dealkylation sites (tertiary alicyclic amines) is 1. The van der Waals surface area contributed by atoms with Crippen molar-refractivity contribution in [3.05, 3.63) is 95.6 Å². The first-order chi connectivity index (χ1) is 16.5. The molecule has 0 unspecified atom stereocenters. The average molecular weight is 460 g/mol. The summed E-state index contributed by atoms with van der Waals surface area (Å²) >= 11 is 0. The number of aromatic nitrogens is 1. The first kappa shape index (κ1) is 22.1. The predicted octanol–water partition coefficient (Wildman–Crippen LogP) is 4.83. The minimum atomic E-state index is -0.570. The molecule has 1 atom stereocenters. The SMILES string of the molecule is O=C(c1ccc(Cc2ccc(F)cc2)nc1)N1CCC[C@@]2(CC1)CN(c1ccccc1)C(=O)O2. The van der Waals surface area contributed by atoms with E-state index in [0.717, 1.165) is 29.8 Å². The Bertz CT molecular complexity index is 1170. The average Bonchev–Trinajstić information content (AvgIpc) is 3.05. The number of benzene rings is 2. The third-order valence-corrected chi connectivity index (χ3v) is 6.59. The topological polar surface area (TPSA) is 62.7 Å². The van der Waals surface area contributed by atoms with Crippen molar-refractivity contribution in [1.29, 1.82) is 0 Å². The van der Waals surface area contributed by atoms with Gasteiger partial charge in [-0.1, -0.05) is 30.3 Å². The van der Waals surface area contributed by atoms with Crippen LogP contribution in [0.5, 0.6) is 0 Å². The van der Waals surface area contributed by atoms with Crippen molar-refractivity contribution in [3.63, 3.8) is 0 Å². The van der Waals surface area contributed by atoms with Crippen LogP contribution in [0.1, 0.15) is 40.9 Å². The molecule has 3 aromatic rings. The van der Waals surface area contributed by atoms with Crippen LogP contribution in [0.3, 0.4) is 0 Å². The van der Waals surface area contributed by atoms with E-state index in [-0.39, 0.29) is 17.8 Å². The number of rotatable bonds is 4. The molecule has 174 valence electrons. The molecule has 0 radical (unpaired) electrons. The Kier molecular flexibility index (Phi) is 6.01. The van der Waals surface area contributed by atoms with E-state index in [1.807, 2.05) is 41.3 Å². The second-order valence-electron chi connectivity index (χ2n) is 8.96. The molecule has 2 aliphatic rings. The van der Waals surface area contributed by atoms with Crippen LogP contribution in [-0.2, 0) is 11.2 Å². The third kappa shape index (κ3) is 4.64. The Labute approximate surface area is 198 Å². The molecule has 2 aliphatic heterocycles. The third-order valence-electron chi connectivity index (χ3n) is 6.59. The fourth-order valence-electron chi connectivity index (χ4n) is 4.71. The van der Waals surface area contributed by atoms with Gasteiger partial charge in [-0.2, -0.15) is 0 Å². The molecule has 7 heteroatoms. The Morgan fingerprint density at radius 2 is 1.79 bits per heavy atom. The Hall–Kier alpha value is -3.74. The molecule has 1 spiro atoms. The van der Waals surface area contributed by atoms with Crippen molar-refractivity contribution in [2.75, 3.05) is 24.5 Å². The van der Waals surface area contributed by atoms with E-state index in [2.05, 4.69) is 4.98 Å². The highest BCUT2D eigenvalue weighted by Crippen LogP contribution is 2.35. The van der Waals surface area contributed by atoms with Crippen LogP contribution in [0.15, 0.2) is 72.9 Å². The molecule has 2 fully saturated rings. The highest BCUT2D eigenvalue weighted by Gasteiger charge is 2.46. The van der Waals surface area contributed by atoms with Gasteiger partial charge in [0.05, 0.1) is 12.1 Å². The number of ether oxygens (including phenoxy) is 1. The van der Waals surface area contributed by atoms with Crippen LogP contribution in [0.2, 0.25) is 0 Å². The summed E-state index contributed by atoms with van der Waals surface area (Å²) in [5.74, 6) is -0.334. The van der Waals surface area contributed by atoms with Gasteiger partial charge in [0, 0.05) is 43.5 Å². The van der Waals surface area contributed by atoms with Gasteiger partial charge < -0.3 is 9.64 Å². The smallest absolute Gasteiger partial charge is 0.415 e. The van der Waals surface area contributed by atoms with Gasteiger partial charge in [-0.25, -0.2) is 9.18 Å². The second-order valence-corrected chi connectivity index (χ2v) is 8.96. The number of carbonyl (C=O) groups excluding carboxylic acids is 2. The Balaban J connectivity index is 1.22. The van der Waals surface area contributed by atoms with Crippen LogP contribution >= 0.6 is 0 Å². The summed E-state index contributed by atoms with van der Waals surface area (Å²) in [5.41, 5.74) is 2.57. The predicted molar refractivity (Wildman–Crippen MR) is 126 cm³/mol. The summed E-state index contributed by atoms with van der Waals surface area (Å²) in [7, 11) is 0. The van der Waals surface area contributed by atoms with Crippen LogP contribution in [0, 0.1) is 5.82 Å². The van der Waals surface area contributed by atoms with Gasteiger partial charge >= 0.3 is 6.09 Å². The van der Waals surface area contributed by atoms with Crippen molar-refractivity contribution in [2.24, 2.45) is 0 Å². The molecule has 0 saturated carbocycles. The van der Waals surface area contributed by atoms with Crippen molar-refractivity contribution < 1.29 is 18.7 Å². The lowest BCUT2D eigenvalue weighted by atomic mass is 9.95. The zero-order valence-electron chi connectivity index (χ0n) is 18.8. The van der Waals surface area contributed by atoms with Gasteiger partial charge in [-0.05, 0) is 54.8 Å². The molecule has 1 aromatic heterocycles. The summed E-state index contributed by atoms with van der Waals surface area (Å²) in [4.78, 5) is 33.7. The maximum atomic E-state index is 13.1. The summed E-state index contributed by atoms with van der Waals surface area (Å²) in [6.45, 7) is 1.63. The summed E-state index contributed by atoms with van der Waals surface area (Å²) in [6, 6.07) is 19.5. The highest BCUT2D eigenvalue weighted by molar-refractivity contribution is 5.94. The van der Waals surface area contributed by atoms with E-state index >= 15 is 0 Å². The lowest BCUT2D eigenvalue weighted by Gasteiger charge is -2.25. The number of hydrogen-bond acceptors (Lipinski definition) is 4. The number of halogens is 1. The van der Waals surface area contributed by atoms with Crippen LogP contribution in [-0.4, -0.2) is 47.1 Å². The maximum absolute atomic E-state index is 13.1. The van der Waals surface area contributed by atoms with Gasteiger partial charge in [0.2, 0.25) is 0 Å². The van der Waals surface area contributed by atoms with Gasteiger partial charge in [-0.15, -0.1) is 0 Å². The quantitative estimate of drug-likeness (QED) is 0.561. The molecule has 3 heterocycles. The largest absolute Gasteiger partial charge is 0.441 e. The lowest BCUT2D eigenvalue weighted by molar-refractivity contribution is 0.0438. The Morgan fingerprint density at radius 1 is 1.00 bits per heavy atom. The van der Waals surface area contributed by atoms with Crippen LogP contribution in [0.25, 0.3) is 0 Å². The number of carbonyl (C=O) groups is 2. The van der Waals surface area contributed by atoms with E-state index in [9.17, 15) is 14.0 Å². The lowest BCUT2D eigenvalue weighted by Crippen LogP contribution is -2.37. The monoisotopic (exact) mass is 459 g/mol. The molecule has 6 nitrogen and oxygen atoms in total. The van der Waals surface area contributed by atoms with E-state index in [1.165, 1.54) is 12.1 Å². The number of amides is 2. The molecule has 2 aromatic carbocycles. The van der Waals surface area contributed by atoms with Crippen molar-refractivity contribution >= 4 is 17.7 Å². The molecule has 0 aliphatic carbocycles. The normalized spacial score (nSPS) is 20.3. The van der Waals surface area contributed by atoms with Gasteiger partial charge in [0.1, 0.15) is 11.4 Å². The molecule has 2 amide bonds. The first-order valence-electron chi connectivity index (χ1n) is 11.6. The molecule has 0 bridgehead atoms. The van der Waals surface area contributed by atoms with Gasteiger partial charge in [-0.3, -0.25) is 14.7 Å². The fourth-order valence-corrected chi connectivity index (χ4v) is 4.71. The van der Waals surface area contributed by atoms with Gasteiger partial charge in [0.25, 0.3) is 5.91 Å². The number of anilines is 1. The molecule has 2 saturated heterocycles. The molecule has 5 rings (SSSR count). The number of para-hydroxylation sites is 1. The highest BCUT2D eigenvalue weighted by atomic mass is 19.1. The summed E-state index contributed by atoms with van der Waals surface area (Å²) in [6.07, 6.45) is 3.94. The Morgan fingerprint density at radius 3 is 2.53 bits per heavy atom. The molecular weight excluding hydrogens is 433 g/mol. The first-order valence-corrected chi connectivity index (χ1v) is 11.6. The van der Waals surface area contributed by atoms with Crippen molar-refractivity contribution in [3.8, 4) is 0 Å². The van der Waals surface area contributed by atoms with E-state index in [0.29, 0.717) is 38.0 Å². The zero-order chi connectivity index (χ0) is 23.5. The number of hydrogen-bond donors (Lipinski definition) is 0. The molecule has 0 N–H and O–H groups in total. The maximum Gasteiger partial charge on any atom is 0.415 e. The standard InChI is InChI=1S/C27H26FN3O3/c28-22-10-7-20(8-11-22)17-23-12-9-21(18-29-23)25(32)30-15-4-13-27(14-16-30)19-31(26(33)34-27)24-5-2-1-3-6-24/h1-3,5-12,18H,4,13-17,19H2/t27-/m1/s1. The molecule has 34 heavy (non-hydrogen) atoms. The van der Waals surface area contributed by atoms with E-state index < -0.39 is 5.60 Å². The van der Waals surface area contributed by atoms with E-state index in [1.54, 1.807) is 29.3 Å². The summed E-state index contributed by atoms with van der Waals surface area (Å²) < 4.78 is 19.0. The molecular formula is C27H26FN3O3. The van der Waals surface area contributed by atoms with Gasteiger partial charge in [0.15, 0.2) is 0 Å².